The Labute approximate surface area is 101 Å². The maximum atomic E-state index is 12.2. The van der Waals surface area contributed by atoms with E-state index in [-0.39, 0.29) is 34.7 Å². The highest BCUT2D eigenvalue weighted by atomic mass is 16.3. The molecule has 17 heavy (non-hydrogen) atoms. The summed E-state index contributed by atoms with van der Waals surface area (Å²) in [5, 5.41) is 9.86. The minimum absolute atomic E-state index is 0.0481. The summed E-state index contributed by atoms with van der Waals surface area (Å²) in [6, 6.07) is 0. The van der Waals surface area contributed by atoms with Crippen LogP contribution < -0.4 is 0 Å². The van der Waals surface area contributed by atoms with Crippen molar-refractivity contribution in [2.24, 2.45) is 11.8 Å². The summed E-state index contributed by atoms with van der Waals surface area (Å²) in [5.74, 6) is -1.07. The number of ketones is 2. The van der Waals surface area contributed by atoms with Gasteiger partial charge in [-0.05, 0) is 32.8 Å². The highest BCUT2D eigenvalue weighted by molar-refractivity contribution is 6.14. The molecule has 0 bridgehead atoms. The van der Waals surface area contributed by atoms with E-state index in [1.807, 2.05) is 13.8 Å². The van der Waals surface area contributed by atoms with Crippen LogP contribution in [0, 0.1) is 11.8 Å². The van der Waals surface area contributed by atoms with Crippen molar-refractivity contribution in [1.29, 1.82) is 0 Å². The summed E-state index contributed by atoms with van der Waals surface area (Å²) in [5.41, 5.74) is 1.14. The van der Waals surface area contributed by atoms with Gasteiger partial charge in [0, 0.05) is 11.8 Å². The predicted octanol–water partition coefficient (Wildman–Crippen LogP) is 2.72. The van der Waals surface area contributed by atoms with Crippen LogP contribution in [0.1, 0.15) is 39.5 Å². The largest absolute Gasteiger partial charge is 0.504 e. The lowest BCUT2D eigenvalue weighted by molar-refractivity contribution is -0.134. The van der Waals surface area contributed by atoms with Gasteiger partial charge in [-0.2, -0.15) is 0 Å². The van der Waals surface area contributed by atoms with Gasteiger partial charge in [0.25, 0.3) is 0 Å². The average molecular weight is 234 g/mol. The Balaban J connectivity index is 2.44. The van der Waals surface area contributed by atoms with Crippen molar-refractivity contribution in [3.8, 4) is 0 Å². The van der Waals surface area contributed by atoms with Crippen molar-refractivity contribution in [2.75, 3.05) is 0 Å². The van der Waals surface area contributed by atoms with Gasteiger partial charge in [0.15, 0.2) is 11.5 Å². The summed E-state index contributed by atoms with van der Waals surface area (Å²) in [6.07, 6.45) is 5.12. The van der Waals surface area contributed by atoms with E-state index in [2.05, 4.69) is 0 Å². The smallest absolute Gasteiger partial charge is 0.201 e. The molecule has 1 fully saturated rings. The Morgan fingerprint density at radius 2 is 1.65 bits per heavy atom. The second kappa shape index (κ2) is 4.47. The van der Waals surface area contributed by atoms with Gasteiger partial charge in [0.2, 0.25) is 5.78 Å². The van der Waals surface area contributed by atoms with Crippen LogP contribution in [0.25, 0.3) is 0 Å². The Morgan fingerprint density at radius 3 is 2.18 bits per heavy atom. The molecule has 0 spiro atoms. The molecule has 2 aliphatic carbocycles. The molecule has 3 nitrogen and oxygen atoms in total. The molecular weight excluding hydrogens is 216 g/mol. The number of allylic oxidation sites excluding steroid dienone is 4. The number of carbonyl (C=O) groups excluding carboxylic acids is 2. The molecule has 2 atom stereocenters. The molecule has 2 aliphatic rings. The molecule has 0 aromatic heterocycles. The van der Waals surface area contributed by atoms with Crippen LogP contribution in [-0.4, -0.2) is 16.7 Å². The normalized spacial score (nSPS) is 29.1. The van der Waals surface area contributed by atoms with Crippen LogP contribution >= 0.6 is 0 Å². The highest BCUT2D eigenvalue weighted by Crippen LogP contribution is 2.38. The van der Waals surface area contributed by atoms with E-state index < -0.39 is 0 Å². The lowest BCUT2D eigenvalue weighted by Gasteiger charge is -2.33. The van der Waals surface area contributed by atoms with Crippen LogP contribution in [0.5, 0.6) is 0 Å². The predicted molar refractivity (Wildman–Crippen MR) is 64.5 cm³/mol. The maximum Gasteiger partial charge on any atom is 0.201 e. The summed E-state index contributed by atoms with van der Waals surface area (Å²) in [6.45, 7) is 3.70. The van der Waals surface area contributed by atoms with E-state index in [0.717, 1.165) is 31.3 Å². The Hall–Kier alpha value is -1.38. The topological polar surface area (TPSA) is 54.4 Å². The molecular formula is C14H18O3. The molecule has 2 rings (SSSR count). The molecule has 1 saturated carbocycles. The number of carbonyl (C=O) groups is 2. The van der Waals surface area contributed by atoms with E-state index in [4.69, 9.17) is 0 Å². The SMILES string of the molecule is CC(C)=CC1=C(O)C(=O)C2CCCCC2C1=O. The maximum absolute atomic E-state index is 12.2. The monoisotopic (exact) mass is 234 g/mol. The van der Waals surface area contributed by atoms with E-state index in [1.54, 1.807) is 6.08 Å². The molecule has 0 saturated heterocycles. The summed E-state index contributed by atoms with van der Waals surface area (Å²) >= 11 is 0. The van der Waals surface area contributed by atoms with Crippen LogP contribution in [0.15, 0.2) is 23.0 Å². The highest BCUT2D eigenvalue weighted by Gasteiger charge is 2.43. The minimum atomic E-state index is -0.320. The number of hydrogen-bond donors (Lipinski definition) is 1. The first kappa shape index (κ1) is 12.1. The molecule has 0 aliphatic heterocycles. The van der Waals surface area contributed by atoms with Gasteiger partial charge in [-0.1, -0.05) is 18.4 Å². The number of aliphatic hydroxyl groups excluding tert-OH is 1. The van der Waals surface area contributed by atoms with Crippen molar-refractivity contribution >= 4 is 11.6 Å². The number of rotatable bonds is 1. The van der Waals surface area contributed by atoms with Gasteiger partial charge < -0.3 is 5.11 Å². The number of fused-ring (bicyclic) bond motifs is 1. The van der Waals surface area contributed by atoms with E-state index >= 15 is 0 Å². The van der Waals surface area contributed by atoms with Crippen LogP contribution in [0.2, 0.25) is 0 Å². The third-order valence-corrected chi connectivity index (χ3v) is 3.63. The summed E-state index contributed by atoms with van der Waals surface area (Å²) in [7, 11) is 0. The fourth-order valence-corrected chi connectivity index (χ4v) is 2.81. The standard InChI is InChI=1S/C14H18O3/c1-8(2)7-11-12(15)9-5-3-4-6-10(9)13(16)14(11)17/h7,9-10,17H,3-6H2,1-2H3. The van der Waals surface area contributed by atoms with Crippen molar-refractivity contribution in [3.63, 3.8) is 0 Å². The molecule has 0 aromatic carbocycles. The second-order valence-corrected chi connectivity index (χ2v) is 5.21. The molecule has 1 N–H and O–H groups in total. The van der Waals surface area contributed by atoms with Crippen LogP contribution in [-0.2, 0) is 9.59 Å². The Bertz CT molecular complexity index is 425. The van der Waals surface area contributed by atoms with E-state index in [0.29, 0.717) is 0 Å². The van der Waals surface area contributed by atoms with Gasteiger partial charge in [0.05, 0.1) is 5.57 Å². The fraction of sp³-hybridized carbons (Fsp3) is 0.571. The quantitative estimate of drug-likeness (QED) is 0.759. The minimum Gasteiger partial charge on any atom is -0.504 e. The first-order chi connectivity index (χ1) is 8.02. The first-order valence-corrected chi connectivity index (χ1v) is 6.19. The second-order valence-electron chi connectivity index (χ2n) is 5.21. The van der Waals surface area contributed by atoms with Crippen LogP contribution in [0.3, 0.4) is 0 Å². The zero-order chi connectivity index (χ0) is 12.6. The fourth-order valence-electron chi connectivity index (χ4n) is 2.81. The molecule has 2 unspecified atom stereocenters. The van der Waals surface area contributed by atoms with Gasteiger partial charge in [-0.15, -0.1) is 0 Å². The van der Waals surface area contributed by atoms with Crippen molar-refractivity contribution in [1.82, 2.24) is 0 Å². The third kappa shape index (κ3) is 2.06. The summed E-state index contributed by atoms with van der Waals surface area (Å²) in [4.78, 5) is 24.2. The van der Waals surface area contributed by atoms with Gasteiger partial charge in [-0.25, -0.2) is 0 Å². The lowest BCUT2D eigenvalue weighted by Crippen LogP contribution is -2.39. The van der Waals surface area contributed by atoms with E-state index in [9.17, 15) is 14.7 Å². The van der Waals surface area contributed by atoms with Gasteiger partial charge in [0.1, 0.15) is 0 Å². The van der Waals surface area contributed by atoms with Crippen molar-refractivity contribution in [2.45, 2.75) is 39.5 Å². The Kier molecular flexibility index (Phi) is 3.18. The number of hydrogen-bond acceptors (Lipinski definition) is 3. The lowest BCUT2D eigenvalue weighted by atomic mass is 9.69. The van der Waals surface area contributed by atoms with Gasteiger partial charge >= 0.3 is 0 Å². The van der Waals surface area contributed by atoms with Crippen molar-refractivity contribution in [3.05, 3.63) is 23.0 Å². The summed E-state index contributed by atoms with van der Waals surface area (Å²) < 4.78 is 0. The van der Waals surface area contributed by atoms with Crippen molar-refractivity contribution < 1.29 is 14.7 Å². The molecule has 0 radical (unpaired) electrons. The molecule has 92 valence electrons. The molecule has 0 heterocycles. The van der Waals surface area contributed by atoms with Gasteiger partial charge in [-0.3, -0.25) is 9.59 Å². The van der Waals surface area contributed by atoms with Crippen LogP contribution in [0.4, 0.5) is 0 Å². The Morgan fingerprint density at radius 1 is 1.12 bits per heavy atom. The first-order valence-electron chi connectivity index (χ1n) is 6.19. The van der Waals surface area contributed by atoms with E-state index in [1.165, 1.54) is 0 Å². The number of Topliss-reactive ketones (excluding diaryl/α,β-unsaturated/α-hetero) is 2. The molecule has 0 aromatic rings. The zero-order valence-corrected chi connectivity index (χ0v) is 10.3. The zero-order valence-electron chi connectivity index (χ0n) is 10.3. The average Bonchev–Trinajstić information content (AvgIpc) is 2.31. The third-order valence-electron chi connectivity index (χ3n) is 3.63. The number of aliphatic hydroxyl groups is 1. The molecule has 0 amide bonds. The molecule has 3 heteroatoms.